The molecule has 7 heteroatoms. The lowest BCUT2D eigenvalue weighted by Gasteiger charge is -2.07. The first kappa shape index (κ1) is 14.4. The van der Waals surface area contributed by atoms with E-state index in [2.05, 4.69) is 0 Å². The zero-order valence-electron chi connectivity index (χ0n) is 10.5. The third-order valence-corrected chi connectivity index (χ3v) is 2.62. The molecule has 2 aromatic carbocycles. The molecule has 0 bridgehead atoms. The van der Waals surface area contributed by atoms with Crippen molar-refractivity contribution in [3.8, 4) is 11.8 Å². The van der Waals surface area contributed by atoms with Crippen LogP contribution in [0.1, 0.15) is 11.1 Å². The van der Waals surface area contributed by atoms with Crippen molar-refractivity contribution >= 4 is 5.69 Å². The highest BCUT2D eigenvalue weighted by molar-refractivity contribution is 5.57. The van der Waals surface area contributed by atoms with E-state index in [0.29, 0.717) is 6.07 Å². The molecule has 0 atom stereocenters. The first-order valence-electron chi connectivity index (χ1n) is 5.76. The summed E-state index contributed by atoms with van der Waals surface area (Å²) in [6.45, 7) is -0.260. The number of para-hydroxylation sites is 1. The summed E-state index contributed by atoms with van der Waals surface area (Å²) in [6.07, 6.45) is 0. The molecule has 0 radical (unpaired) electrons. The van der Waals surface area contributed by atoms with Gasteiger partial charge in [0.25, 0.3) is 0 Å². The van der Waals surface area contributed by atoms with E-state index in [1.165, 1.54) is 18.2 Å². The molecular formula is C14H8F2N2O3. The van der Waals surface area contributed by atoms with E-state index in [-0.39, 0.29) is 23.5 Å². The normalized spacial score (nSPS) is 9.95. The average molecular weight is 290 g/mol. The average Bonchev–Trinajstić information content (AvgIpc) is 2.43. The predicted octanol–water partition coefficient (Wildman–Crippen LogP) is 3.32. The number of ether oxygens (including phenoxy) is 1. The summed E-state index contributed by atoms with van der Waals surface area (Å²) in [5.41, 5.74) is -0.441. The van der Waals surface area contributed by atoms with Gasteiger partial charge in [-0.3, -0.25) is 10.1 Å². The fourth-order valence-corrected chi connectivity index (χ4v) is 1.77. The van der Waals surface area contributed by atoms with Gasteiger partial charge in [-0.2, -0.15) is 5.26 Å². The van der Waals surface area contributed by atoms with E-state index in [1.54, 1.807) is 6.07 Å². The summed E-state index contributed by atoms with van der Waals surface area (Å²) in [6, 6.07) is 8.54. The molecule has 0 unspecified atom stereocenters. The molecule has 106 valence electrons. The maximum absolute atomic E-state index is 13.0. The van der Waals surface area contributed by atoms with Crippen LogP contribution in [0.2, 0.25) is 0 Å². The van der Waals surface area contributed by atoms with Crippen molar-refractivity contribution < 1.29 is 18.4 Å². The molecule has 0 amide bonds. The maximum atomic E-state index is 13.0. The molecule has 0 N–H and O–H groups in total. The molecule has 0 aromatic heterocycles. The Labute approximate surface area is 118 Å². The Hall–Kier alpha value is -3.01. The largest absolute Gasteiger partial charge is 0.482 e. The second-order valence-electron chi connectivity index (χ2n) is 4.09. The second-order valence-corrected chi connectivity index (χ2v) is 4.09. The van der Waals surface area contributed by atoms with E-state index < -0.39 is 22.2 Å². The lowest BCUT2D eigenvalue weighted by molar-refractivity contribution is -0.386. The van der Waals surface area contributed by atoms with Crippen LogP contribution >= 0.6 is 0 Å². The molecule has 0 saturated heterocycles. The Balaban J connectivity index is 2.28. The van der Waals surface area contributed by atoms with Crippen molar-refractivity contribution in [1.82, 2.24) is 0 Å². The number of nitriles is 1. The predicted molar refractivity (Wildman–Crippen MR) is 68.5 cm³/mol. The van der Waals surface area contributed by atoms with Crippen molar-refractivity contribution in [2.24, 2.45) is 0 Å². The van der Waals surface area contributed by atoms with Gasteiger partial charge in [0.15, 0.2) is 5.75 Å². The third-order valence-electron chi connectivity index (χ3n) is 2.62. The number of hydrogen-bond acceptors (Lipinski definition) is 4. The van der Waals surface area contributed by atoms with Gasteiger partial charge in [-0.25, -0.2) is 8.78 Å². The van der Waals surface area contributed by atoms with Gasteiger partial charge in [0.1, 0.15) is 29.9 Å². The van der Waals surface area contributed by atoms with Crippen molar-refractivity contribution in [3.63, 3.8) is 0 Å². The van der Waals surface area contributed by atoms with E-state index in [9.17, 15) is 18.9 Å². The minimum Gasteiger partial charge on any atom is -0.482 e. The van der Waals surface area contributed by atoms with E-state index in [0.717, 1.165) is 12.1 Å². The number of halogens is 2. The van der Waals surface area contributed by atoms with Gasteiger partial charge in [-0.05, 0) is 29.8 Å². The van der Waals surface area contributed by atoms with E-state index in [1.807, 2.05) is 0 Å². The minimum atomic E-state index is -0.770. The summed E-state index contributed by atoms with van der Waals surface area (Å²) >= 11 is 0. The van der Waals surface area contributed by atoms with Crippen LogP contribution in [0.5, 0.6) is 5.75 Å². The summed E-state index contributed by atoms with van der Waals surface area (Å²) < 4.78 is 31.3. The van der Waals surface area contributed by atoms with Gasteiger partial charge >= 0.3 is 5.69 Å². The maximum Gasteiger partial charge on any atom is 0.328 e. The van der Waals surface area contributed by atoms with Crippen molar-refractivity contribution in [2.75, 3.05) is 0 Å². The van der Waals surface area contributed by atoms with E-state index >= 15 is 0 Å². The molecule has 0 aliphatic rings. The fourth-order valence-electron chi connectivity index (χ4n) is 1.77. The van der Waals surface area contributed by atoms with Gasteiger partial charge in [-0.15, -0.1) is 0 Å². The van der Waals surface area contributed by atoms with Crippen LogP contribution in [0.15, 0.2) is 36.4 Å². The first-order chi connectivity index (χ1) is 10.0. The summed E-state index contributed by atoms with van der Waals surface area (Å²) in [7, 11) is 0. The Morgan fingerprint density at radius 2 is 1.90 bits per heavy atom. The van der Waals surface area contributed by atoms with Crippen molar-refractivity contribution in [1.29, 1.82) is 5.26 Å². The molecule has 0 saturated carbocycles. The zero-order chi connectivity index (χ0) is 15.4. The molecule has 0 aliphatic carbocycles. The molecule has 21 heavy (non-hydrogen) atoms. The zero-order valence-corrected chi connectivity index (χ0v) is 10.5. The fraction of sp³-hybridized carbons (Fsp3) is 0.0714. The summed E-state index contributed by atoms with van der Waals surface area (Å²) in [5.74, 6) is -1.67. The molecule has 0 fully saturated rings. The SMILES string of the molecule is N#Cc1cccc(OCc2cc(F)cc(F)c2)c1[N+](=O)[O-]. The Kier molecular flexibility index (Phi) is 4.09. The lowest BCUT2D eigenvalue weighted by atomic mass is 10.2. The molecule has 2 rings (SSSR count). The number of benzene rings is 2. The van der Waals surface area contributed by atoms with Gasteiger partial charge < -0.3 is 4.74 Å². The van der Waals surface area contributed by atoms with Gasteiger partial charge in [-0.1, -0.05) is 6.07 Å². The van der Waals surface area contributed by atoms with Crippen LogP contribution in [0.4, 0.5) is 14.5 Å². The number of nitrogens with zero attached hydrogens (tertiary/aromatic N) is 2. The molecule has 2 aromatic rings. The third kappa shape index (κ3) is 3.30. The van der Waals surface area contributed by atoms with Crippen LogP contribution in [-0.2, 0) is 6.61 Å². The standard InChI is InChI=1S/C14H8F2N2O3/c15-11-4-9(5-12(16)6-11)8-21-13-3-1-2-10(7-17)14(13)18(19)20/h1-6H,8H2. The van der Waals surface area contributed by atoms with Crippen molar-refractivity contribution in [2.45, 2.75) is 6.61 Å². The van der Waals surface area contributed by atoms with Crippen molar-refractivity contribution in [3.05, 3.63) is 69.3 Å². The highest BCUT2D eigenvalue weighted by Crippen LogP contribution is 2.30. The van der Waals surface area contributed by atoms with Crippen LogP contribution in [0.3, 0.4) is 0 Å². The number of rotatable bonds is 4. The highest BCUT2D eigenvalue weighted by atomic mass is 19.1. The quantitative estimate of drug-likeness (QED) is 0.639. The van der Waals surface area contributed by atoms with Gasteiger partial charge in [0, 0.05) is 6.07 Å². The first-order valence-corrected chi connectivity index (χ1v) is 5.76. The Bertz CT molecular complexity index is 721. The summed E-state index contributed by atoms with van der Waals surface area (Å²) in [5, 5.41) is 19.8. The number of nitro groups is 1. The molecule has 5 nitrogen and oxygen atoms in total. The topological polar surface area (TPSA) is 76.2 Å². The van der Waals surface area contributed by atoms with E-state index in [4.69, 9.17) is 10.00 Å². The molecular weight excluding hydrogens is 282 g/mol. The van der Waals surface area contributed by atoms with Crippen LogP contribution < -0.4 is 4.74 Å². The van der Waals surface area contributed by atoms with Crippen LogP contribution in [-0.4, -0.2) is 4.92 Å². The number of hydrogen-bond donors (Lipinski definition) is 0. The van der Waals surface area contributed by atoms with Gasteiger partial charge in [0.2, 0.25) is 0 Å². The van der Waals surface area contributed by atoms with Crippen LogP contribution in [0.25, 0.3) is 0 Å². The van der Waals surface area contributed by atoms with Gasteiger partial charge in [0.05, 0.1) is 4.92 Å². The smallest absolute Gasteiger partial charge is 0.328 e. The molecule has 0 spiro atoms. The second kappa shape index (κ2) is 5.96. The Morgan fingerprint density at radius 3 is 2.48 bits per heavy atom. The monoisotopic (exact) mass is 290 g/mol. The summed E-state index contributed by atoms with van der Waals surface area (Å²) in [4.78, 5) is 10.2. The minimum absolute atomic E-state index is 0.135. The molecule has 0 aliphatic heterocycles. The Morgan fingerprint density at radius 1 is 1.24 bits per heavy atom. The number of nitro benzene ring substituents is 1. The lowest BCUT2D eigenvalue weighted by Crippen LogP contribution is -2.01. The van der Waals surface area contributed by atoms with Crippen LogP contribution in [0, 0.1) is 33.1 Å². The molecule has 0 heterocycles. The highest BCUT2D eigenvalue weighted by Gasteiger charge is 2.20.